The first kappa shape index (κ1) is 18.6. The number of hydrogen-bond donors (Lipinski definition) is 1. The maximum atomic E-state index is 13.9. The van der Waals surface area contributed by atoms with Crippen LogP contribution in [0.4, 0.5) is 15.8 Å². The molecule has 0 bridgehead atoms. The molecule has 2 aromatic carbocycles. The summed E-state index contributed by atoms with van der Waals surface area (Å²) in [4.78, 5) is 19.0. The lowest BCUT2D eigenvalue weighted by Crippen LogP contribution is -2.36. The minimum atomic E-state index is -0.352. The molecular formula is C22H22FN3O. The Hall–Kier alpha value is -3.21. The molecule has 0 unspecified atom stereocenters. The number of nitrogens with zero attached hydrogens (tertiary/aromatic N) is 2. The Labute approximate surface area is 158 Å². The summed E-state index contributed by atoms with van der Waals surface area (Å²) in [7, 11) is 0. The summed E-state index contributed by atoms with van der Waals surface area (Å²) in [5.41, 5.74) is 2.34. The van der Waals surface area contributed by atoms with E-state index in [1.54, 1.807) is 41.4 Å². The molecule has 0 radical (unpaired) electrons. The van der Waals surface area contributed by atoms with Crippen molar-refractivity contribution in [3.63, 3.8) is 0 Å². The number of aromatic nitrogens is 1. The number of halogens is 1. The van der Waals surface area contributed by atoms with Crippen LogP contribution in [-0.4, -0.2) is 21.8 Å². The quantitative estimate of drug-likeness (QED) is 0.669. The molecule has 0 fully saturated rings. The first-order valence-electron chi connectivity index (χ1n) is 8.87. The summed E-state index contributed by atoms with van der Waals surface area (Å²) >= 11 is 0. The Balaban J connectivity index is 1.81. The zero-order chi connectivity index (χ0) is 19.2. The fourth-order valence-electron chi connectivity index (χ4n) is 2.76. The molecule has 3 rings (SSSR count). The Bertz CT molecular complexity index is 912. The Morgan fingerprint density at radius 1 is 1.07 bits per heavy atom. The summed E-state index contributed by atoms with van der Waals surface area (Å²) in [5, 5.41) is 3.00. The molecule has 1 heterocycles. The monoisotopic (exact) mass is 363 g/mol. The van der Waals surface area contributed by atoms with Gasteiger partial charge in [0.05, 0.1) is 5.69 Å². The number of pyridine rings is 1. The van der Waals surface area contributed by atoms with Crippen LogP contribution >= 0.6 is 0 Å². The maximum absolute atomic E-state index is 13.9. The van der Waals surface area contributed by atoms with E-state index >= 15 is 0 Å². The second kappa shape index (κ2) is 8.45. The van der Waals surface area contributed by atoms with E-state index in [1.165, 1.54) is 6.07 Å². The third-order valence-corrected chi connectivity index (χ3v) is 4.21. The molecule has 0 saturated carbocycles. The molecule has 0 aliphatic rings. The van der Waals surface area contributed by atoms with Crippen molar-refractivity contribution >= 4 is 17.3 Å². The van der Waals surface area contributed by atoms with Crippen LogP contribution in [0.3, 0.4) is 0 Å². The van der Waals surface area contributed by atoms with Gasteiger partial charge in [0.25, 0.3) is 5.91 Å². The van der Waals surface area contributed by atoms with Crippen molar-refractivity contribution in [2.24, 2.45) is 0 Å². The van der Waals surface area contributed by atoms with Crippen LogP contribution in [0, 0.1) is 5.82 Å². The van der Waals surface area contributed by atoms with E-state index < -0.39 is 0 Å². The lowest BCUT2D eigenvalue weighted by molar-refractivity contribution is 0.0684. The molecule has 138 valence electrons. The Morgan fingerprint density at radius 2 is 1.78 bits per heavy atom. The van der Waals surface area contributed by atoms with Crippen LogP contribution in [0.1, 0.15) is 29.9 Å². The molecule has 5 heteroatoms. The maximum Gasteiger partial charge on any atom is 0.273 e. The van der Waals surface area contributed by atoms with E-state index in [-0.39, 0.29) is 17.8 Å². The fourth-order valence-corrected chi connectivity index (χ4v) is 2.76. The van der Waals surface area contributed by atoms with Gasteiger partial charge in [-0.15, -0.1) is 0 Å². The SMILES string of the molecule is CC(C)N(Cc1ccccc1)C(=O)c1cc(Nc2ccccc2F)ccn1. The van der Waals surface area contributed by atoms with Crippen molar-refractivity contribution in [2.75, 3.05) is 5.32 Å². The van der Waals surface area contributed by atoms with Gasteiger partial charge in [0, 0.05) is 24.5 Å². The summed E-state index contributed by atoms with van der Waals surface area (Å²) in [6.45, 7) is 4.45. The zero-order valence-corrected chi connectivity index (χ0v) is 15.4. The van der Waals surface area contributed by atoms with Gasteiger partial charge in [-0.25, -0.2) is 4.39 Å². The Morgan fingerprint density at radius 3 is 2.48 bits per heavy atom. The summed E-state index contributed by atoms with van der Waals surface area (Å²) in [6.07, 6.45) is 1.55. The molecule has 1 N–H and O–H groups in total. The zero-order valence-electron chi connectivity index (χ0n) is 15.4. The van der Waals surface area contributed by atoms with Crippen molar-refractivity contribution in [3.8, 4) is 0 Å². The highest BCUT2D eigenvalue weighted by atomic mass is 19.1. The first-order chi connectivity index (χ1) is 13.0. The number of carbonyl (C=O) groups is 1. The van der Waals surface area contributed by atoms with Gasteiger partial charge < -0.3 is 10.2 Å². The van der Waals surface area contributed by atoms with Crippen molar-refractivity contribution in [2.45, 2.75) is 26.4 Å². The third kappa shape index (κ3) is 4.70. The average Bonchev–Trinajstić information content (AvgIpc) is 2.68. The highest BCUT2D eigenvalue weighted by molar-refractivity contribution is 5.93. The number of benzene rings is 2. The van der Waals surface area contributed by atoms with E-state index in [0.29, 0.717) is 23.6 Å². The van der Waals surface area contributed by atoms with Crippen molar-refractivity contribution in [1.29, 1.82) is 0 Å². The second-order valence-corrected chi connectivity index (χ2v) is 6.55. The number of amides is 1. The topological polar surface area (TPSA) is 45.2 Å². The van der Waals surface area contributed by atoms with Gasteiger partial charge in [-0.1, -0.05) is 42.5 Å². The van der Waals surface area contributed by atoms with Gasteiger partial charge in [0.2, 0.25) is 0 Å². The first-order valence-corrected chi connectivity index (χ1v) is 8.87. The van der Waals surface area contributed by atoms with E-state index in [9.17, 15) is 9.18 Å². The second-order valence-electron chi connectivity index (χ2n) is 6.55. The highest BCUT2D eigenvalue weighted by Crippen LogP contribution is 2.21. The van der Waals surface area contributed by atoms with E-state index in [2.05, 4.69) is 10.3 Å². The normalized spacial score (nSPS) is 10.7. The van der Waals surface area contributed by atoms with Gasteiger partial charge >= 0.3 is 0 Å². The summed E-state index contributed by atoms with van der Waals surface area (Å²) < 4.78 is 13.9. The fraction of sp³-hybridized carbons (Fsp3) is 0.182. The minimum Gasteiger partial charge on any atom is -0.353 e. The van der Waals surface area contributed by atoms with E-state index in [4.69, 9.17) is 0 Å². The molecule has 0 spiro atoms. The standard InChI is InChI=1S/C22H22FN3O/c1-16(2)26(15-17-8-4-3-5-9-17)22(27)21-14-18(12-13-24-21)25-20-11-7-6-10-19(20)23/h3-14,16H,15H2,1-2H3,(H,24,25). The lowest BCUT2D eigenvalue weighted by Gasteiger charge is -2.26. The smallest absolute Gasteiger partial charge is 0.273 e. The molecule has 4 nitrogen and oxygen atoms in total. The highest BCUT2D eigenvalue weighted by Gasteiger charge is 2.20. The van der Waals surface area contributed by atoms with Crippen molar-refractivity contribution < 1.29 is 9.18 Å². The van der Waals surface area contributed by atoms with Crippen LogP contribution in [-0.2, 0) is 6.54 Å². The van der Waals surface area contributed by atoms with E-state index in [0.717, 1.165) is 5.56 Å². The number of hydrogen-bond acceptors (Lipinski definition) is 3. The van der Waals surface area contributed by atoms with Gasteiger partial charge in [-0.05, 0) is 43.7 Å². The molecule has 27 heavy (non-hydrogen) atoms. The van der Waals surface area contributed by atoms with Gasteiger partial charge in [-0.3, -0.25) is 9.78 Å². The molecule has 0 aliphatic heterocycles. The predicted molar refractivity (Wildman–Crippen MR) is 105 cm³/mol. The lowest BCUT2D eigenvalue weighted by atomic mass is 10.1. The number of anilines is 2. The molecule has 0 aliphatic carbocycles. The number of carbonyl (C=O) groups excluding carboxylic acids is 1. The van der Waals surface area contributed by atoms with Crippen LogP contribution in [0.2, 0.25) is 0 Å². The molecule has 3 aromatic rings. The van der Waals surface area contributed by atoms with Crippen LogP contribution in [0.25, 0.3) is 0 Å². The number of para-hydroxylation sites is 1. The van der Waals surface area contributed by atoms with Crippen molar-refractivity contribution in [1.82, 2.24) is 9.88 Å². The average molecular weight is 363 g/mol. The molecule has 1 amide bonds. The largest absolute Gasteiger partial charge is 0.353 e. The van der Waals surface area contributed by atoms with E-state index in [1.807, 2.05) is 44.2 Å². The molecular weight excluding hydrogens is 341 g/mol. The number of nitrogens with one attached hydrogen (secondary N) is 1. The van der Waals surface area contributed by atoms with Crippen molar-refractivity contribution in [3.05, 3.63) is 90.0 Å². The van der Waals surface area contributed by atoms with Crippen LogP contribution in [0.15, 0.2) is 72.9 Å². The Kier molecular flexibility index (Phi) is 5.81. The third-order valence-electron chi connectivity index (χ3n) is 4.21. The molecule has 0 saturated heterocycles. The summed E-state index contributed by atoms with van der Waals surface area (Å²) in [5.74, 6) is -0.513. The molecule has 1 aromatic heterocycles. The minimum absolute atomic E-state index is 0.0164. The summed E-state index contributed by atoms with van der Waals surface area (Å²) in [6, 6.07) is 19.6. The van der Waals surface area contributed by atoms with Crippen LogP contribution in [0.5, 0.6) is 0 Å². The van der Waals surface area contributed by atoms with Gasteiger partial charge in [0.1, 0.15) is 11.5 Å². The molecule has 0 atom stereocenters. The number of rotatable bonds is 6. The van der Waals surface area contributed by atoms with Gasteiger partial charge in [0.15, 0.2) is 0 Å². The van der Waals surface area contributed by atoms with Gasteiger partial charge in [-0.2, -0.15) is 0 Å². The predicted octanol–water partition coefficient (Wildman–Crippen LogP) is 5.02. The van der Waals surface area contributed by atoms with Crippen LogP contribution < -0.4 is 5.32 Å².